The standard InChI is InChI=1S/C15H14FNOS/c16-13-4-1-3-12(11-13)8-9-17-15(18)7-6-14-5-2-10-19-14/h1-7,10-11H,8-9H2,(H,17,18)/b7-6+. The Labute approximate surface area is 115 Å². The first-order chi connectivity index (χ1) is 9.24. The second-order valence-electron chi connectivity index (χ2n) is 4.02. The molecule has 1 amide bonds. The summed E-state index contributed by atoms with van der Waals surface area (Å²) in [5.74, 6) is -0.383. The number of halogens is 1. The third kappa shape index (κ3) is 4.67. The van der Waals surface area contributed by atoms with Crippen LogP contribution in [0, 0.1) is 5.82 Å². The van der Waals surface area contributed by atoms with Crippen molar-refractivity contribution in [3.63, 3.8) is 0 Å². The van der Waals surface area contributed by atoms with Gasteiger partial charge in [-0.2, -0.15) is 0 Å². The molecule has 0 aliphatic rings. The lowest BCUT2D eigenvalue weighted by Gasteiger charge is -2.02. The Morgan fingerprint density at radius 2 is 2.21 bits per heavy atom. The van der Waals surface area contributed by atoms with E-state index in [0.717, 1.165) is 10.4 Å². The molecule has 0 saturated heterocycles. The van der Waals surface area contributed by atoms with Gasteiger partial charge in [0.15, 0.2) is 0 Å². The van der Waals surface area contributed by atoms with E-state index < -0.39 is 0 Å². The van der Waals surface area contributed by atoms with Gasteiger partial charge in [0.1, 0.15) is 5.82 Å². The molecule has 4 heteroatoms. The Kier molecular flexibility index (Phi) is 4.86. The van der Waals surface area contributed by atoms with E-state index in [0.29, 0.717) is 13.0 Å². The summed E-state index contributed by atoms with van der Waals surface area (Å²) in [5.41, 5.74) is 0.877. The average molecular weight is 275 g/mol. The number of benzene rings is 1. The lowest BCUT2D eigenvalue weighted by Crippen LogP contribution is -2.23. The topological polar surface area (TPSA) is 29.1 Å². The number of carbonyl (C=O) groups excluding carboxylic acids is 1. The van der Waals surface area contributed by atoms with Gasteiger partial charge in [-0.3, -0.25) is 4.79 Å². The van der Waals surface area contributed by atoms with Crippen molar-refractivity contribution in [3.05, 3.63) is 64.1 Å². The first-order valence-electron chi connectivity index (χ1n) is 5.98. The van der Waals surface area contributed by atoms with E-state index >= 15 is 0 Å². The van der Waals surface area contributed by atoms with Crippen LogP contribution in [-0.2, 0) is 11.2 Å². The summed E-state index contributed by atoms with van der Waals surface area (Å²) in [6.07, 6.45) is 3.91. The average Bonchev–Trinajstić information content (AvgIpc) is 2.89. The highest BCUT2D eigenvalue weighted by Crippen LogP contribution is 2.09. The maximum absolute atomic E-state index is 12.9. The minimum Gasteiger partial charge on any atom is -0.352 e. The maximum atomic E-state index is 12.9. The van der Waals surface area contributed by atoms with Crippen LogP contribution in [0.2, 0.25) is 0 Å². The fraction of sp³-hybridized carbons (Fsp3) is 0.133. The first kappa shape index (κ1) is 13.5. The summed E-state index contributed by atoms with van der Waals surface area (Å²) in [5, 5.41) is 4.73. The monoisotopic (exact) mass is 275 g/mol. The fourth-order valence-corrected chi connectivity index (χ4v) is 2.24. The number of rotatable bonds is 5. The molecule has 0 fully saturated rings. The zero-order valence-corrected chi connectivity index (χ0v) is 11.1. The van der Waals surface area contributed by atoms with Crippen LogP contribution in [0.1, 0.15) is 10.4 Å². The van der Waals surface area contributed by atoms with E-state index in [1.165, 1.54) is 18.2 Å². The zero-order chi connectivity index (χ0) is 13.5. The molecule has 1 aromatic carbocycles. The highest BCUT2D eigenvalue weighted by Gasteiger charge is 1.98. The highest BCUT2D eigenvalue weighted by atomic mass is 32.1. The van der Waals surface area contributed by atoms with E-state index in [1.54, 1.807) is 23.5 Å². The van der Waals surface area contributed by atoms with Crippen molar-refractivity contribution in [2.45, 2.75) is 6.42 Å². The van der Waals surface area contributed by atoms with E-state index in [-0.39, 0.29) is 11.7 Å². The molecular weight excluding hydrogens is 261 g/mol. The fourth-order valence-electron chi connectivity index (χ4n) is 1.63. The molecule has 0 unspecified atom stereocenters. The van der Waals surface area contributed by atoms with Crippen molar-refractivity contribution in [1.29, 1.82) is 0 Å². The molecule has 0 aliphatic heterocycles. The van der Waals surface area contributed by atoms with Crippen molar-refractivity contribution in [2.24, 2.45) is 0 Å². The van der Waals surface area contributed by atoms with Gasteiger partial charge in [-0.25, -0.2) is 4.39 Å². The molecule has 1 N–H and O–H groups in total. The van der Waals surface area contributed by atoms with Crippen LogP contribution in [0.25, 0.3) is 6.08 Å². The molecule has 1 heterocycles. The van der Waals surface area contributed by atoms with Crippen LogP contribution >= 0.6 is 11.3 Å². The van der Waals surface area contributed by atoms with Gasteiger partial charge in [0.2, 0.25) is 5.91 Å². The molecule has 0 aliphatic carbocycles. The zero-order valence-electron chi connectivity index (χ0n) is 10.3. The number of amides is 1. The van der Waals surface area contributed by atoms with E-state index in [4.69, 9.17) is 0 Å². The lowest BCUT2D eigenvalue weighted by atomic mass is 10.1. The summed E-state index contributed by atoms with van der Waals surface area (Å²) in [4.78, 5) is 12.6. The molecule has 19 heavy (non-hydrogen) atoms. The molecular formula is C15H14FNOS. The van der Waals surface area contributed by atoms with Crippen LogP contribution in [0.4, 0.5) is 4.39 Å². The van der Waals surface area contributed by atoms with Gasteiger partial charge in [0.25, 0.3) is 0 Å². The van der Waals surface area contributed by atoms with E-state index in [9.17, 15) is 9.18 Å². The van der Waals surface area contributed by atoms with Crippen molar-refractivity contribution in [2.75, 3.05) is 6.54 Å². The van der Waals surface area contributed by atoms with Crippen molar-refractivity contribution >= 4 is 23.3 Å². The Morgan fingerprint density at radius 3 is 2.95 bits per heavy atom. The number of hydrogen-bond acceptors (Lipinski definition) is 2. The molecule has 0 spiro atoms. The summed E-state index contributed by atoms with van der Waals surface area (Å²) >= 11 is 1.58. The normalized spacial score (nSPS) is 10.8. The molecule has 0 atom stereocenters. The van der Waals surface area contributed by atoms with Crippen molar-refractivity contribution in [3.8, 4) is 0 Å². The van der Waals surface area contributed by atoms with Gasteiger partial charge >= 0.3 is 0 Å². The third-order valence-corrected chi connectivity index (χ3v) is 3.38. The molecule has 1 aromatic heterocycles. The van der Waals surface area contributed by atoms with Crippen LogP contribution in [0.3, 0.4) is 0 Å². The minimum atomic E-state index is -0.249. The Balaban J connectivity index is 1.75. The summed E-state index contributed by atoms with van der Waals surface area (Å²) in [6.45, 7) is 0.497. The number of nitrogens with one attached hydrogen (secondary N) is 1. The summed E-state index contributed by atoms with van der Waals surface area (Å²) < 4.78 is 12.9. The quantitative estimate of drug-likeness (QED) is 0.834. The lowest BCUT2D eigenvalue weighted by molar-refractivity contribution is -0.116. The Bertz CT molecular complexity index is 563. The second kappa shape index (κ2) is 6.85. The second-order valence-corrected chi connectivity index (χ2v) is 5.00. The molecule has 2 nitrogen and oxygen atoms in total. The number of thiophene rings is 1. The van der Waals surface area contributed by atoms with Gasteiger partial charge in [0.05, 0.1) is 0 Å². The Morgan fingerprint density at radius 1 is 1.32 bits per heavy atom. The van der Waals surface area contributed by atoms with Crippen LogP contribution in [0.15, 0.2) is 47.9 Å². The van der Waals surface area contributed by atoms with E-state index in [1.807, 2.05) is 23.6 Å². The van der Waals surface area contributed by atoms with Crippen LogP contribution in [0.5, 0.6) is 0 Å². The molecule has 0 bridgehead atoms. The SMILES string of the molecule is O=C(/C=C/c1cccs1)NCCc1cccc(F)c1. The molecule has 0 saturated carbocycles. The van der Waals surface area contributed by atoms with Crippen LogP contribution < -0.4 is 5.32 Å². The highest BCUT2D eigenvalue weighted by molar-refractivity contribution is 7.10. The molecule has 98 valence electrons. The first-order valence-corrected chi connectivity index (χ1v) is 6.86. The van der Waals surface area contributed by atoms with Crippen LogP contribution in [-0.4, -0.2) is 12.5 Å². The van der Waals surface area contributed by atoms with Gasteiger partial charge in [-0.15, -0.1) is 11.3 Å². The Hall–Kier alpha value is -1.94. The van der Waals surface area contributed by atoms with Crippen molar-refractivity contribution in [1.82, 2.24) is 5.32 Å². The summed E-state index contributed by atoms with van der Waals surface area (Å²) in [6, 6.07) is 10.3. The maximum Gasteiger partial charge on any atom is 0.244 e. The smallest absolute Gasteiger partial charge is 0.244 e. The third-order valence-electron chi connectivity index (χ3n) is 2.54. The predicted octanol–water partition coefficient (Wildman–Crippen LogP) is 3.26. The van der Waals surface area contributed by atoms with Crippen molar-refractivity contribution < 1.29 is 9.18 Å². The van der Waals surface area contributed by atoms with Gasteiger partial charge < -0.3 is 5.32 Å². The van der Waals surface area contributed by atoms with Gasteiger partial charge in [-0.05, 0) is 41.6 Å². The van der Waals surface area contributed by atoms with Gasteiger partial charge in [0, 0.05) is 17.5 Å². The number of carbonyl (C=O) groups is 1. The van der Waals surface area contributed by atoms with Gasteiger partial charge in [-0.1, -0.05) is 18.2 Å². The molecule has 0 radical (unpaired) electrons. The predicted molar refractivity (Wildman–Crippen MR) is 76.5 cm³/mol. The minimum absolute atomic E-state index is 0.134. The molecule has 2 aromatic rings. The number of hydrogen-bond donors (Lipinski definition) is 1. The summed E-state index contributed by atoms with van der Waals surface area (Å²) in [7, 11) is 0. The molecule has 2 rings (SSSR count). The largest absolute Gasteiger partial charge is 0.352 e. The van der Waals surface area contributed by atoms with E-state index in [2.05, 4.69) is 5.32 Å².